The van der Waals surface area contributed by atoms with Crippen molar-refractivity contribution in [2.45, 2.75) is 279 Å². The third kappa shape index (κ3) is 32.0. The minimum absolute atomic E-state index is 0.00487. The average molecular weight is 1890 g/mol. The molecule has 6 heterocycles. The van der Waals surface area contributed by atoms with Crippen LogP contribution in [0.2, 0.25) is 0 Å². The van der Waals surface area contributed by atoms with Crippen LogP contribution in [0.15, 0.2) is 17.5 Å². The number of aromatic amines is 1. The van der Waals surface area contributed by atoms with Crippen LogP contribution in [-0.4, -0.2) is 388 Å². The van der Waals surface area contributed by atoms with Gasteiger partial charge in [0.2, 0.25) is 112 Å². The third-order valence-corrected chi connectivity index (χ3v) is 22.8. The number of nitrogens with one attached hydrogen (secondary N) is 17. The highest BCUT2D eigenvalue weighted by molar-refractivity contribution is 6.03. The van der Waals surface area contributed by atoms with Gasteiger partial charge in [0.05, 0.1) is 69.1 Å². The molecule has 0 bridgehead atoms. The van der Waals surface area contributed by atoms with Crippen LogP contribution >= 0.6 is 0 Å². The third-order valence-electron chi connectivity index (χ3n) is 22.8. The molecule has 53 nitrogen and oxygen atoms in total. The molecule has 740 valence electrons. The number of carbonyl (C=O) groups is 21. The number of aliphatic hydroxyl groups excluding tert-OH is 5. The molecule has 6 rings (SSSR count). The molecule has 0 unspecified atom stereocenters. The lowest BCUT2D eigenvalue weighted by Gasteiger charge is -2.32. The number of hydrogen-bond acceptors (Lipinski definition) is 29. The van der Waals surface area contributed by atoms with Crippen molar-refractivity contribution in [1.82, 2.24) is 115 Å². The summed E-state index contributed by atoms with van der Waals surface area (Å²) < 4.78 is 0. The number of hydrogen-bond donors (Lipinski definition) is 26. The molecule has 5 fully saturated rings. The van der Waals surface area contributed by atoms with Crippen LogP contribution in [-0.2, 0) is 107 Å². The van der Waals surface area contributed by atoms with E-state index in [0.29, 0.717) is 38.0 Å². The summed E-state index contributed by atoms with van der Waals surface area (Å²) in [4.78, 5) is 300. The van der Waals surface area contributed by atoms with Crippen LogP contribution in [0.25, 0.3) is 0 Å². The van der Waals surface area contributed by atoms with E-state index in [1.54, 1.807) is 0 Å². The van der Waals surface area contributed by atoms with Crippen LogP contribution in [0.4, 0.5) is 0 Å². The van der Waals surface area contributed by atoms with Crippen LogP contribution in [0.5, 0.6) is 0 Å². The fraction of sp³-hybridized carbons (Fsp3) is 0.688. The molecule has 133 heavy (non-hydrogen) atoms. The first-order valence-electron chi connectivity index (χ1n) is 43.9. The highest BCUT2D eigenvalue weighted by Crippen LogP contribution is 2.25. The molecule has 28 N–H and O–H groups in total. The summed E-state index contributed by atoms with van der Waals surface area (Å²) >= 11 is 0. The lowest BCUT2D eigenvalue weighted by molar-refractivity contribution is -0.145. The molecule has 1 aromatic rings. The Morgan fingerprint density at radius 3 is 1.35 bits per heavy atom. The van der Waals surface area contributed by atoms with Gasteiger partial charge in [-0.15, -0.1) is 0 Å². The minimum atomic E-state index is -2.05. The fourth-order valence-electron chi connectivity index (χ4n) is 15.5. The SMILES string of the molecule is CC(C)[C@H](NC(=O)CNC(=O)[C@H](Cc1c[nH]cn1)NC(=O)[C@H](C)NC(=O)[C@@H]1CCCN1C(=O)[C@@H]1CCCN1)C(=O)N[C@H](C(=O)N[C@@H](CO)C(=O)N[C@@H](C)C(=O)N1CCC[C@H]1C(=O)N[C@@H](CC(=O)O)C(=O)N[C@H](C(=O)N[C@@H](CCCN=C(N)N)C(=O)N1CCC[C@H]1C(=O)N[C@@H](C)C(=O)N1CCC[C@H]1C(=O)NCC(=O)N[C@@H](CO)C(=O)N[C@H](C(=O)N[C@@H](C)C(=O)O)[C@@H](C)O)[C@@H](C)O)[C@@H](C)O. The highest BCUT2D eigenvalue weighted by atomic mass is 16.4. The Kier molecular flexibility index (Phi) is 42.4. The number of likely N-dealkylation sites (tertiary alicyclic amines) is 4. The Morgan fingerprint density at radius 2 is 0.865 bits per heavy atom. The summed E-state index contributed by atoms with van der Waals surface area (Å²) in [5, 5.41) is 110. The highest BCUT2D eigenvalue weighted by Gasteiger charge is 2.46. The summed E-state index contributed by atoms with van der Waals surface area (Å²) in [7, 11) is 0. The molecule has 19 amide bonds. The topological polar surface area (TPSA) is 799 Å². The zero-order valence-corrected chi connectivity index (χ0v) is 75.4. The van der Waals surface area contributed by atoms with E-state index in [1.807, 2.05) is 0 Å². The molecule has 0 aromatic carbocycles. The number of imidazole rings is 1. The Labute approximate surface area is 763 Å². The quantitative estimate of drug-likeness (QED) is 0.0164. The molecule has 1 aromatic heterocycles. The summed E-state index contributed by atoms with van der Waals surface area (Å²) in [5.74, 6) is -22.4. The predicted molar refractivity (Wildman–Crippen MR) is 460 cm³/mol. The molecule has 0 radical (unpaired) electrons. The van der Waals surface area contributed by atoms with Crippen molar-refractivity contribution in [1.29, 1.82) is 0 Å². The van der Waals surface area contributed by atoms with E-state index in [-0.39, 0.29) is 95.8 Å². The summed E-state index contributed by atoms with van der Waals surface area (Å²) in [5.41, 5.74) is 11.4. The first-order chi connectivity index (χ1) is 62.7. The molecule has 53 heteroatoms. The van der Waals surface area contributed by atoms with Gasteiger partial charge in [0.25, 0.3) is 0 Å². The van der Waals surface area contributed by atoms with Crippen molar-refractivity contribution in [2.75, 3.05) is 65.6 Å². The average Bonchev–Trinajstić information content (AvgIpc) is 1.66. The summed E-state index contributed by atoms with van der Waals surface area (Å²) in [6, 6.07) is -26.5. The summed E-state index contributed by atoms with van der Waals surface area (Å²) in [6.07, 6.45) is -1.01. The first kappa shape index (κ1) is 109. The van der Waals surface area contributed by atoms with Gasteiger partial charge < -0.3 is 157 Å². The second-order valence-corrected chi connectivity index (χ2v) is 33.6. The van der Waals surface area contributed by atoms with E-state index in [2.05, 4.69) is 100 Å². The number of nitrogens with zero attached hydrogens (tertiary/aromatic N) is 6. The smallest absolute Gasteiger partial charge is 0.325 e. The van der Waals surface area contributed by atoms with Crippen LogP contribution in [0, 0.1) is 5.92 Å². The maximum atomic E-state index is 14.7. The lowest BCUT2D eigenvalue weighted by atomic mass is 10.0. The van der Waals surface area contributed by atoms with Crippen molar-refractivity contribution in [3.63, 3.8) is 0 Å². The number of aliphatic carboxylic acids is 2. The first-order valence-corrected chi connectivity index (χ1v) is 43.9. The number of aromatic nitrogens is 2. The number of aliphatic hydroxyl groups is 5. The van der Waals surface area contributed by atoms with Gasteiger partial charge in [-0.3, -0.25) is 106 Å². The molecule has 0 saturated carbocycles. The van der Waals surface area contributed by atoms with Crippen molar-refractivity contribution in [2.24, 2.45) is 22.4 Å². The van der Waals surface area contributed by atoms with E-state index < -0.39 is 284 Å². The maximum absolute atomic E-state index is 14.7. The van der Waals surface area contributed by atoms with Crippen molar-refractivity contribution >= 4 is 130 Å². The Balaban J connectivity index is 1.02. The zero-order chi connectivity index (χ0) is 99.1. The Hall–Kier alpha value is -12.9. The summed E-state index contributed by atoms with van der Waals surface area (Å²) in [6.45, 7) is 8.13. The van der Waals surface area contributed by atoms with Gasteiger partial charge >= 0.3 is 11.9 Å². The molecular weight excluding hydrogens is 1760 g/mol. The fourth-order valence-corrected chi connectivity index (χ4v) is 15.5. The second-order valence-electron chi connectivity index (χ2n) is 33.6. The van der Waals surface area contributed by atoms with E-state index >= 15 is 0 Å². The molecule has 21 atom stereocenters. The van der Waals surface area contributed by atoms with E-state index in [0.717, 1.165) is 48.8 Å². The van der Waals surface area contributed by atoms with Crippen LogP contribution in [0.1, 0.15) is 151 Å². The van der Waals surface area contributed by atoms with Crippen molar-refractivity contribution in [3.05, 3.63) is 18.2 Å². The number of carboxylic acid groups (broad SMARTS) is 2. The van der Waals surface area contributed by atoms with Gasteiger partial charge in [0.1, 0.15) is 103 Å². The molecule has 5 aliphatic heterocycles. The number of carbonyl (C=O) groups excluding carboxylic acids is 19. The number of aliphatic imine (C=N–C) groups is 1. The van der Waals surface area contributed by atoms with Crippen molar-refractivity contribution < 1.29 is 136 Å². The number of rotatable bonds is 49. The largest absolute Gasteiger partial charge is 0.481 e. The van der Waals surface area contributed by atoms with Gasteiger partial charge in [-0.05, 0) is 138 Å². The molecule has 5 aliphatic rings. The maximum Gasteiger partial charge on any atom is 0.325 e. The van der Waals surface area contributed by atoms with Crippen molar-refractivity contribution in [3.8, 4) is 0 Å². The van der Waals surface area contributed by atoms with Gasteiger partial charge in [0.15, 0.2) is 5.96 Å². The number of nitrogens with two attached hydrogens (primary N) is 2. The van der Waals surface area contributed by atoms with Gasteiger partial charge in [-0.2, -0.15) is 0 Å². The Morgan fingerprint density at radius 1 is 0.436 bits per heavy atom. The number of amides is 19. The Bertz CT molecular complexity index is 4370. The standard InChI is InChI=1S/C80H127N25O28/c1-36(2)58(98-56(112)32-86-63(116)47(28-44-30-83-35-88-44)95-62(115)37(3)89-68(121)52-19-14-26-104(52)77(130)45-16-10-22-84-45)71(124)101-61(43(9)110)74(127)97-50(34-107)65(118)90-38(4)75(128)103-25-13-21-54(103)70(123)96-48(29-57(113)114)64(117)99-60(42(8)109)73(126)94-46(17-11-23-85-80(81)82)78(131)105-27-15-20-53(105)69(122)91-39(5)76(129)102-24-12-18-51(102)67(120)87-31-55(111)93-49(33-106)66(119)100-59(41(7)108)72(125)92-40(6)79(132)133/h30,35-43,45-54,58-61,84,106-110H,10-29,31-34H2,1-9H3,(H,83,88)(H,86,116)(H,87,120)(H,89,121)(H,90,118)(H,91,122)(H,92,125)(H,93,111)(H,94,126)(H,95,115)(H,96,123)(H,97,127)(H,98,112)(H,99,117)(H,100,119)(H,101,124)(H,113,114)(H,132,133)(H4,81,82,85)/t37-,38-,39-,40-,41+,42+,43+,45-,46-,47-,48-,49-,50-,51-,52-,53-,54-,58-,59-,60-,61-/m0/s1. The molecule has 0 spiro atoms. The van der Waals surface area contributed by atoms with Gasteiger partial charge in [-0.1, -0.05) is 13.8 Å². The van der Waals surface area contributed by atoms with Crippen LogP contribution in [0.3, 0.4) is 0 Å². The number of carboxylic acids is 2. The lowest BCUT2D eigenvalue weighted by Crippen LogP contribution is -2.62. The van der Waals surface area contributed by atoms with Gasteiger partial charge in [-0.25, -0.2) is 4.98 Å². The molecule has 0 aliphatic carbocycles. The number of H-pyrrole nitrogens is 1. The zero-order valence-electron chi connectivity index (χ0n) is 75.4. The predicted octanol–water partition coefficient (Wildman–Crippen LogP) is -13.3. The monoisotopic (exact) mass is 1890 g/mol. The van der Waals surface area contributed by atoms with E-state index in [1.165, 1.54) is 52.0 Å². The van der Waals surface area contributed by atoms with E-state index in [9.17, 15) is 131 Å². The van der Waals surface area contributed by atoms with Crippen LogP contribution < -0.4 is 96.5 Å². The normalized spacial score (nSPS) is 20.5. The molecular formula is C80H127N25O28. The van der Waals surface area contributed by atoms with Gasteiger partial charge in [0, 0.05) is 45.3 Å². The second kappa shape index (κ2) is 51.8. The molecule has 5 saturated heterocycles. The minimum Gasteiger partial charge on any atom is -0.481 e. The van der Waals surface area contributed by atoms with E-state index in [4.69, 9.17) is 16.6 Å². The number of guanidine groups is 1.